The molecule has 0 bridgehead atoms. The highest BCUT2D eigenvalue weighted by molar-refractivity contribution is 5.98. The molecule has 0 radical (unpaired) electrons. The predicted molar refractivity (Wildman–Crippen MR) is 67.4 cm³/mol. The quantitative estimate of drug-likeness (QED) is 0.866. The summed E-state index contributed by atoms with van der Waals surface area (Å²) in [7, 11) is 1.56. The highest BCUT2D eigenvalue weighted by atomic mass is 16.6. The van der Waals surface area contributed by atoms with Gasteiger partial charge in [-0.05, 0) is 31.0 Å². The van der Waals surface area contributed by atoms with Crippen molar-refractivity contribution in [1.82, 2.24) is 4.90 Å². The zero-order valence-electron chi connectivity index (χ0n) is 10.7. The smallest absolute Gasteiger partial charge is 0.410 e. The molecule has 1 aliphatic rings. The Hall–Kier alpha value is -2.04. The maximum atomic E-state index is 12.0. The molecule has 2 amide bonds. The van der Waals surface area contributed by atoms with Crippen molar-refractivity contribution in [2.24, 2.45) is 0 Å². The molecular formula is C13H16N2O3. The number of ether oxygens (including phenoxy) is 1. The number of rotatable bonds is 2. The van der Waals surface area contributed by atoms with Crippen LogP contribution in [0, 0.1) is 13.8 Å². The number of hydrogen-bond donors (Lipinski definition) is 1. The summed E-state index contributed by atoms with van der Waals surface area (Å²) in [5, 5.41) is 2.83. The Kier molecular flexibility index (Phi) is 3.23. The van der Waals surface area contributed by atoms with Crippen LogP contribution in [0.5, 0.6) is 0 Å². The van der Waals surface area contributed by atoms with Gasteiger partial charge in [-0.25, -0.2) is 4.79 Å². The number of cyclic esters (lactones) is 1. The molecule has 1 aliphatic heterocycles. The fourth-order valence-electron chi connectivity index (χ4n) is 1.85. The van der Waals surface area contributed by atoms with Crippen LogP contribution in [0.4, 0.5) is 10.5 Å². The number of amides is 2. The first-order valence-corrected chi connectivity index (χ1v) is 5.77. The first-order valence-electron chi connectivity index (χ1n) is 5.77. The third kappa shape index (κ3) is 2.16. The Morgan fingerprint density at radius 2 is 2.17 bits per heavy atom. The van der Waals surface area contributed by atoms with Gasteiger partial charge in [-0.15, -0.1) is 0 Å². The number of carbonyl (C=O) groups is 2. The second-order valence-electron chi connectivity index (χ2n) is 4.44. The largest absolute Gasteiger partial charge is 0.447 e. The van der Waals surface area contributed by atoms with Crippen LogP contribution in [0.3, 0.4) is 0 Å². The van der Waals surface area contributed by atoms with E-state index in [9.17, 15) is 9.59 Å². The number of nitrogens with zero attached hydrogens (tertiary/aromatic N) is 1. The molecule has 1 atom stereocenters. The highest BCUT2D eigenvalue weighted by Crippen LogP contribution is 2.19. The van der Waals surface area contributed by atoms with Gasteiger partial charge in [0.15, 0.2) is 0 Å². The van der Waals surface area contributed by atoms with Crippen LogP contribution >= 0.6 is 0 Å². The summed E-state index contributed by atoms with van der Waals surface area (Å²) >= 11 is 0. The average molecular weight is 248 g/mol. The molecule has 1 unspecified atom stereocenters. The van der Waals surface area contributed by atoms with Gasteiger partial charge in [0, 0.05) is 12.7 Å². The molecule has 1 N–H and O–H groups in total. The summed E-state index contributed by atoms with van der Waals surface area (Å²) < 4.78 is 4.82. The number of carbonyl (C=O) groups excluding carboxylic acids is 2. The Balaban J connectivity index is 2.12. The summed E-state index contributed by atoms with van der Waals surface area (Å²) in [4.78, 5) is 24.5. The average Bonchev–Trinajstić information content (AvgIpc) is 2.66. The molecule has 0 aliphatic carbocycles. The van der Waals surface area contributed by atoms with Gasteiger partial charge in [0.2, 0.25) is 0 Å². The molecule has 18 heavy (non-hydrogen) atoms. The first kappa shape index (κ1) is 12.4. The van der Waals surface area contributed by atoms with Crippen molar-refractivity contribution in [3.63, 3.8) is 0 Å². The molecule has 0 saturated carbocycles. The Labute approximate surface area is 106 Å². The normalized spacial score (nSPS) is 18.7. The predicted octanol–water partition coefficient (Wildman–Crippen LogP) is 1.69. The highest BCUT2D eigenvalue weighted by Gasteiger charge is 2.35. The number of aryl methyl sites for hydroxylation is 1. The molecule has 1 heterocycles. The van der Waals surface area contributed by atoms with Gasteiger partial charge in [-0.1, -0.05) is 12.1 Å². The molecule has 0 spiro atoms. The van der Waals surface area contributed by atoms with Gasteiger partial charge in [-0.3, -0.25) is 9.69 Å². The van der Waals surface area contributed by atoms with Crippen LogP contribution < -0.4 is 5.32 Å². The molecule has 0 aromatic heterocycles. The standard InChI is InChI=1S/C13H16N2O3/c1-8-5-4-6-10(9(8)2)14-12(16)11-7-18-13(17)15(11)3/h4-6,11H,7H2,1-3H3,(H,14,16). The number of nitrogens with one attached hydrogen (secondary N) is 1. The van der Waals surface area contributed by atoms with Crippen molar-refractivity contribution < 1.29 is 14.3 Å². The molecule has 1 aromatic rings. The van der Waals surface area contributed by atoms with E-state index in [0.29, 0.717) is 0 Å². The van der Waals surface area contributed by atoms with Gasteiger partial charge >= 0.3 is 6.09 Å². The zero-order valence-corrected chi connectivity index (χ0v) is 10.7. The Morgan fingerprint density at radius 1 is 1.44 bits per heavy atom. The molecule has 1 saturated heterocycles. The van der Waals surface area contributed by atoms with E-state index in [1.807, 2.05) is 32.0 Å². The van der Waals surface area contributed by atoms with Crippen molar-refractivity contribution in [2.75, 3.05) is 19.0 Å². The second kappa shape index (κ2) is 4.68. The van der Waals surface area contributed by atoms with Crippen LogP contribution in [0.1, 0.15) is 11.1 Å². The zero-order chi connectivity index (χ0) is 13.3. The topological polar surface area (TPSA) is 58.6 Å². The first-order chi connectivity index (χ1) is 8.50. The number of likely N-dealkylation sites (N-methyl/N-ethyl adjacent to an activating group) is 1. The minimum absolute atomic E-state index is 0.103. The lowest BCUT2D eigenvalue weighted by Gasteiger charge is -2.17. The van der Waals surface area contributed by atoms with E-state index >= 15 is 0 Å². The van der Waals surface area contributed by atoms with Crippen molar-refractivity contribution in [3.05, 3.63) is 29.3 Å². The van der Waals surface area contributed by atoms with Crippen LogP contribution in [0.2, 0.25) is 0 Å². The summed E-state index contributed by atoms with van der Waals surface area (Å²) in [6.45, 7) is 4.04. The third-order valence-electron chi connectivity index (χ3n) is 3.29. The van der Waals surface area contributed by atoms with E-state index in [2.05, 4.69) is 5.32 Å². The van der Waals surface area contributed by atoms with Gasteiger partial charge in [0.1, 0.15) is 12.6 Å². The van der Waals surface area contributed by atoms with Crippen molar-refractivity contribution in [3.8, 4) is 0 Å². The number of benzene rings is 1. The van der Waals surface area contributed by atoms with Crippen LogP contribution in [0.25, 0.3) is 0 Å². The summed E-state index contributed by atoms with van der Waals surface area (Å²) in [6.07, 6.45) is -0.462. The molecule has 1 fully saturated rings. The van der Waals surface area contributed by atoms with Crippen LogP contribution in [0.15, 0.2) is 18.2 Å². The van der Waals surface area contributed by atoms with Crippen LogP contribution in [-0.4, -0.2) is 36.6 Å². The molecule has 5 heteroatoms. The summed E-state index contributed by atoms with van der Waals surface area (Å²) in [6, 6.07) is 5.16. The van der Waals surface area contributed by atoms with E-state index in [0.717, 1.165) is 16.8 Å². The fourth-order valence-corrected chi connectivity index (χ4v) is 1.85. The SMILES string of the molecule is Cc1cccc(NC(=O)C2COC(=O)N2C)c1C. The Morgan fingerprint density at radius 3 is 2.78 bits per heavy atom. The Bertz CT molecular complexity index is 499. The lowest BCUT2D eigenvalue weighted by molar-refractivity contribution is -0.119. The van der Waals surface area contributed by atoms with Gasteiger partial charge in [0.25, 0.3) is 5.91 Å². The maximum absolute atomic E-state index is 12.0. The molecular weight excluding hydrogens is 232 g/mol. The minimum atomic E-state index is -0.558. The maximum Gasteiger partial charge on any atom is 0.410 e. The summed E-state index contributed by atoms with van der Waals surface area (Å²) in [5.41, 5.74) is 2.91. The lowest BCUT2D eigenvalue weighted by atomic mass is 10.1. The van der Waals surface area contributed by atoms with E-state index in [1.54, 1.807) is 7.05 Å². The fraction of sp³-hybridized carbons (Fsp3) is 0.385. The number of anilines is 1. The minimum Gasteiger partial charge on any atom is -0.447 e. The molecule has 1 aromatic carbocycles. The van der Waals surface area contributed by atoms with Crippen LogP contribution in [-0.2, 0) is 9.53 Å². The van der Waals surface area contributed by atoms with E-state index < -0.39 is 12.1 Å². The van der Waals surface area contributed by atoms with Gasteiger partial charge in [0.05, 0.1) is 0 Å². The van der Waals surface area contributed by atoms with Crippen molar-refractivity contribution >= 4 is 17.7 Å². The van der Waals surface area contributed by atoms with E-state index in [-0.39, 0.29) is 12.5 Å². The summed E-state index contributed by atoms with van der Waals surface area (Å²) in [5.74, 6) is -0.225. The monoisotopic (exact) mass is 248 g/mol. The second-order valence-corrected chi connectivity index (χ2v) is 4.44. The van der Waals surface area contributed by atoms with Gasteiger partial charge < -0.3 is 10.1 Å². The van der Waals surface area contributed by atoms with Gasteiger partial charge in [-0.2, -0.15) is 0 Å². The lowest BCUT2D eigenvalue weighted by Crippen LogP contribution is -2.40. The molecule has 5 nitrogen and oxygen atoms in total. The molecule has 96 valence electrons. The third-order valence-corrected chi connectivity index (χ3v) is 3.29. The molecule has 2 rings (SSSR count). The van der Waals surface area contributed by atoms with Crippen molar-refractivity contribution in [1.29, 1.82) is 0 Å². The van der Waals surface area contributed by atoms with E-state index in [1.165, 1.54) is 4.90 Å². The number of hydrogen-bond acceptors (Lipinski definition) is 3. The van der Waals surface area contributed by atoms with Crippen molar-refractivity contribution in [2.45, 2.75) is 19.9 Å². The van der Waals surface area contributed by atoms with E-state index in [4.69, 9.17) is 4.74 Å².